The van der Waals surface area contributed by atoms with Crippen LogP contribution in [0.2, 0.25) is 0 Å². The lowest BCUT2D eigenvalue weighted by Gasteiger charge is -2.23. The Hall–Kier alpha value is -1.92. The summed E-state index contributed by atoms with van der Waals surface area (Å²) in [6.07, 6.45) is 0. The summed E-state index contributed by atoms with van der Waals surface area (Å²) in [5.74, 6) is -1.20. The largest absolute Gasteiger partial charge is 0.459 e. The minimum absolute atomic E-state index is 0.00914. The van der Waals surface area contributed by atoms with Gasteiger partial charge in [-0.3, -0.25) is 0 Å². The first-order valence-corrected chi connectivity index (χ1v) is 6.23. The summed E-state index contributed by atoms with van der Waals surface area (Å²) in [4.78, 5) is 33.9. The fourth-order valence-electron chi connectivity index (χ4n) is 1.63. The van der Waals surface area contributed by atoms with Gasteiger partial charge in [-0.15, -0.1) is 0 Å². The molecular formula is C14H16O6. The van der Waals surface area contributed by atoms with E-state index < -0.39 is 17.5 Å². The van der Waals surface area contributed by atoms with Gasteiger partial charge in [0.15, 0.2) is 0 Å². The molecule has 0 saturated heterocycles. The van der Waals surface area contributed by atoms with Crippen molar-refractivity contribution in [3.8, 4) is 0 Å². The molecule has 0 N–H and O–H groups in total. The van der Waals surface area contributed by atoms with Gasteiger partial charge in [0, 0.05) is 0 Å². The van der Waals surface area contributed by atoms with Gasteiger partial charge < -0.3 is 9.47 Å². The van der Waals surface area contributed by atoms with E-state index in [9.17, 15) is 9.59 Å². The molecule has 0 bridgehead atoms. The number of benzene rings is 1. The van der Waals surface area contributed by atoms with Gasteiger partial charge in [-0.1, -0.05) is 12.1 Å². The Labute approximate surface area is 116 Å². The van der Waals surface area contributed by atoms with E-state index in [0.29, 0.717) is 0 Å². The molecule has 20 heavy (non-hydrogen) atoms. The number of carbonyl (C=O) groups is 2. The number of rotatable bonds is 0. The van der Waals surface area contributed by atoms with Gasteiger partial charge in [-0.2, -0.15) is 0 Å². The van der Waals surface area contributed by atoms with Crippen molar-refractivity contribution in [3.05, 3.63) is 35.4 Å². The maximum Gasteiger partial charge on any atom is 0.339 e. The molecule has 1 heterocycles. The lowest BCUT2D eigenvalue weighted by molar-refractivity contribution is -0.359. The van der Waals surface area contributed by atoms with Crippen molar-refractivity contribution >= 4 is 11.9 Å². The zero-order valence-corrected chi connectivity index (χ0v) is 11.4. The fraction of sp³-hybridized carbons (Fsp3) is 0.429. The molecular weight excluding hydrogens is 264 g/mol. The lowest BCUT2D eigenvalue weighted by Crippen LogP contribution is -2.33. The average Bonchev–Trinajstić information content (AvgIpc) is 2.43. The first kappa shape index (κ1) is 14.5. The van der Waals surface area contributed by atoms with E-state index in [0.717, 1.165) is 0 Å². The Bertz CT molecular complexity index is 508. The highest BCUT2D eigenvalue weighted by atomic mass is 17.2. The number of hydrogen-bond donors (Lipinski definition) is 0. The van der Waals surface area contributed by atoms with Gasteiger partial charge >= 0.3 is 11.9 Å². The summed E-state index contributed by atoms with van der Waals surface area (Å²) in [5.41, 5.74) is -0.431. The van der Waals surface area contributed by atoms with Gasteiger partial charge in [-0.05, 0) is 26.0 Å². The van der Waals surface area contributed by atoms with E-state index in [1.165, 1.54) is 12.1 Å². The van der Waals surface area contributed by atoms with Crippen LogP contribution in [-0.2, 0) is 19.2 Å². The SMILES string of the molecule is CC1(C)COC(=O)c2ccccc2C(=O)OCCOO1. The molecule has 0 spiro atoms. The Morgan fingerprint density at radius 1 is 0.950 bits per heavy atom. The minimum atomic E-state index is -0.784. The third-order valence-electron chi connectivity index (χ3n) is 2.60. The van der Waals surface area contributed by atoms with Crippen molar-refractivity contribution in [2.24, 2.45) is 0 Å². The first-order chi connectivity index (χ1) is 9.49. The van der Waals surface area contributed by atoms with Crippen LogP contribution in [-0.4, -0.2) is 37.4 Å². The Balaban J connectivity index is 2.27. The molecule has 108 valence electrons. The normalized spacial score (nSPS) is 19.9. The molecule has 6 nitrogen and oxygen atoms in total. The van der Waals surface area contributed by atoms with Gasteiger partial charge in [0.2, 0.25) is 0 Å². The topological polar surface area (TPSA) is 71.1 Å². The quantitative estimate of drug-likeness (QED) is 0.532. The van der Waals surface area contributed by atoms with Crippen molar-refractivity contribution < 1.29 is 28.8 Å². The highest BCUT2D eigenvalue weighted by Crippen LogP contribution is 2.16. The van der Waals surface area contributed by atoms with Crippen LogP contribution in [0.5, 0.6) is 0 Å². The Morgan fingerprint density at radius 3 is 2.20 bits per heavy atom. The van der Waals surface area contributed by atoms with Crippen LogP contribution in [0.1, 0.15) is 34.6 Å². The number of fused-ring (bicyclic) bond motifs is 1. The van der Waals surface area contributed by atoms with E-state index in [-0.39, 0.29) is 30.9 Å². The van der Waals surface area contributed by atoms with Crippen LogP contribution in [0.15, 0.2) is 24.3 Å². The van der Waals surface area contributed by atoms with Crippen molar-refractivity contribution in [1.29, 1.82) is 0 Å². The molecule has 2 rings (SSSR count). The Kier molecular flexibility index (Phi) is 4.36. The summed E-state index contributed by atoms with van der Waals surface area (Å²) in [7, 11) is 0. The molecule has 0 unspecified atom stereocenters. The van der Waals surface area contributed by atoms with E-state index >= 15 is 0 Å². The zero-order valence-electron chi connectivity index (χ0n) is 11.4. The molecule has 1 aromatic carbocycles. The molecule has 0 amide bonds. The molecule has 0 radical (unpaired) electrons. The maximum atomic E-state index is 12.0. The predicted molar refractivity (Wildman–Crippen MR) is 68.1 cm³/mol. The molecule has 0 aromatic heterocycles. The first-order valence-electron chi connectivity index (χ1n) is 6.23. The van der Waals surface area contributed by atoms with Crippen LogP contribution in [0.25, 0.3) is 0 Å². The molecule has 0 atom stereocenters. The van der Waals surface area contributed by atoms with E-state index in [1.54, 1.807) is 26.0 Å². The molecule has 0 saturated carbocycles. The van der Waals surface area contributed by atoms with Crippen molar-refractivity contribution in [2.75, 3.05) is 19.8 Å². The maximum absolute atomic E-state index is 12.0. The molecule has 0 fully saturated rings. The van der Waals surface area contributed by atoms with Gasteiger partial charge in [-0.25, -0.2) is 19.4 Å². The van der Waals surface area contributed by atoms with Crippen LogP contribution >= 0.6 is 0 Å². The average molecular weight is 280 g/mol. The van der Waals surface area contributed by atoms with Crippen LogP contribution in [0.4, 0.5) is 0 Å². The highest BCUT2D eigenvalue weighted by Gasteiger charge is 2.26. The van der Waals surface area contributed by atoms with Crippen LogP contribution < -0.4 is 0 Å². The monoisotopic (exact) mass is 280 g/mol. The van der Waals surface area contributed by atoms with Gasteiger partial charge in [0.1, 0.15) is 25.4 Å². The van der Waals surface area contributed by atoms with Crippen molar-refractivity contribution in [1.82, 2.24) is 0 Å². The second-order valence-electron chi connectivity index (χ2n) is 4.92. The second kappa shape index (κ2) is 6.02. The Morgan fingerprint density at radius 2 is 1.55 bits per heavy atom. The van der Waals surface area contributed by atoms with E-state index in [1.807, 2.05) is 0 Å². The van der Waals surface area contributed by atoms with Crippen molar-refractivity contribution in [2.45, 2.75) is 19.4 Å². The summed E-state index contributed by atoms with van der Waals surface area (Å²) in [5, 5.41) is 0. The smallest absolute Gasteiger partial charge is 0.339 e. The minimum Gasteiger partial charge on any atom is -0.459 e. The number of carbonyl (C=O) groups excluding carboxylic acids is 2. The van der Waals surface area contributed by atoms with Crippen LogP contribution in [0.3, 0.4) is 0 Å². The molecule has 6 heteroatoms. The summed E-state index contributed by atoms with van der Waals surface area (Å²) in [6.45, 7) is 3.60. The number of cyclic esters (lactones) is 2. The number of esters is 2. The van der Waals surface area contributed by atoms with Gasteiger partial charge in [0.25, 0.3) is 0 Å². The van der Waals surface area contributed by atoms with E-state index in [4.69, 9.17) is 19.2 Å². The predicted octanol–water partition coefficient (Wildman–Crippen LogP) is 1.74. The van der Waals surface area contributed by atoms with Gasteiger partial charge in [0.05, 0.1) is 11.1 Å². The molecule has 0 aliphatic carbocycles. The summed E-state index contributed by atoms with van der Waals surface area (Å²) >= 11 is 0. The zero-order chi connectivity index (χ0) is 14.6. The van der Waals surface area contributed by atoms with Crippen LogP contribution in [0, 0.1) is 0 Å². The molecule has 1 aliphatic heterocycles. The molecule has 1 aromatic rings. The van der Waals surface area contributed by atoms with Crippen molar-refractivity contribution in [3.63, 3.8) is 0 Å². The number of hydrogen-bond acceptors (Lipinski definition) is 6. The molecule has 1 aliphatic rings. The standard InChI is InChI=1S/C14H16O6/c1-14(2)9-18-13(16)11-6-4-3-5-10(11)12(15)17-7-8-19-20-14/h3-6H,7-9H2,1-2H3. The third-order valence-corrected chi connectivity index (χ3v) is 2.60. The fourth-order valence-corrected chi connectivity index (χ4v) is 1.63. The summed E-state index contributed by atoms with van der Waals surface area (Å²) < 4.78 is 10.2. The third kappa shape index (κ3) is 3.55. The summed E-state index contributed by atoms with van der Waals surface area (Å²) in [6, 6.07) is 6.36. The second-order valence-corrected chi connectivity index (χ2v) is 4.92. The van der Waals surface area contributed by atoms with E-state index in [2.05, 4.69) is 0 Å². The number of ether oxygens (including phenoxy) is 2. The lowest BCUT2D eigenvalue weighted by atomic mass is 10.1. The highest BCUT2D eigenvalue weighted by molar-refractivity contribution is 6.03.